The lowest BCUT2D eigenvalue weighted by atomic mass is 9.92. The highest BCUT2D eigenvalue weighted by Gasteiger charge is 2.16. The van der Waals surface area contributed by atoms with E-state index in [0.717, 1.165) is 51.3 Å². The summed E-state index contributed by atoms with van der Waals surface area (Å²) in [7, 11) is 0. The van der Waals surface area contributed by atoms with Crippen molar-refractivity contribution in [2.45, 2.75) is 38.5 Å². The molecule has 1 atom stereocenters. The average molecular weight is 421 g/mol. The first-order valence-electron chi connectivity index (χ1n) is 11.4. The van der Waals surface area contributed by atoms with Gasteiger partial charge in [0.25, 0.3) is 0 Å². The molecule has 0 spiro atoms. The molecule has 0 fully saturated rings. The number of H-pyrrole nitrogens is 2. The third-order valence-corrected chi connectivity index (χ3v) is 6.03. The highest BCUT2D eigenvalue weighted by molar-refractivity contribution is 5.79. The van der Waals surface area contributed by atoms with Gasteiger partial charge < -0.3 is 9.97 Å². The summed E-state index contributed by atoms with van der Waals surface area (Å²) in [5, 5.41) is 0. The molecule has 4 nitrogen and oxygen atoms in total. The van der Waals surface area contributed by atoms with E-state index in [1.165, 1.54) is 24.8 Å². The van der Waals surface area contributed by atoms with E-state index < -0.39 is 0 Å². The SMILES string of the molecule is C=CC(CCCCC)c1c2nc(cc3ccc(cc4nc(cc5ccc1[nH]5)C=C4)[nH]3)C=C2. The summed E-state index contributed by atoms with van der Waals surface area (Å²) >= 11 is 0. The minimum atomic E-state index is 0.241. The van der Waals surface area contributed by atoms with Crippen LogP contribution in [0.25, 0.3) is 46.4 Å². The minimum absolute atomic E-state index is 0.241. The van der Waals surface area contributed by atoms with E-state index in [0.29, 0.717) is 0 Å². The predicted octanol–water partition coefficient (Wildman–Crippen LogP) is 7.51. The van der Waals surface area contributed by atoms with E-state index >= 15 is 0 Å². The molecule has 0 aliphatic carbocycles. The molecule has 32 heavy (non-hydrogen) atoms. The van der Waals surface area contributed by atoms with E-state index in [1.54, 1.807) is 0 Å². The number of allylic oxidation sites excluding steroid dienone is 1. The molecule has 2 aliphatic heterocycles. The molecule has 0 saturated heterocycles. The number of hydrogen-bond donors (Lipinski definition) is 2. The van der Waals surface area contributed by atoms with Crippen LogP contribution in [0.3, 0.4) is 0 Å². The fraction of sp³-hybridized carbons (Fsp3) is 0.214. The Morgan fingerprint density at radius 1 is 0.812 bits per heavy atom. The molecule has 5 rings (SSSR count). The van der Waals surface area contributed by atoms with Gasteiger partial charge in [-0.3, -0.25) is 0 Å². The van der Waals surface area contributed by atoms with Crippen LogP contribution in [0.5, 0.6) is 0 Å². The van der Waals surface area contributed by atoms with Crippen molar-refractivity contribution in [2.75, 3.05) is 0 Å². The molecule has 2 aliphatic rings. The lowest BCUT2D eigenvalue weighted by molar-refractivity contribution is 0.629. The molecule has 5 heterocycles. The van der Waals surface area contributed by atoms with E-state index in [4.69, 9.17) is 9.97 Å². The maximum Gasteiger partial charge on any atom is 0.0696 e. The molecule has 8 bridgehead atoms. The van der Waals surface area contributed by atoms with E-state index in [9.17, 15) is 0 Å². The summed E-state index contributed by atoms with van der Waals surface area (Å²) in [5.41, 5.74) is 9.21. The second kappa shape index (κ2) is 8.83. The van der Waals surface area contributed by atoms with Crippen LogP contribution in [-0.4, -0.2) is 19.9 Å². The van der Waals surface area contributed by atoms with Gasteiger partial charge in [-0.25, -0.2) is 9.97 Å². The van der Waals surface area contributed by atoms with Gasteiger partial charge in [-0.2, -0.15) is 0 Å². The van der Waals surface area contributed by atoms with Gasteiger partial charge in [-0.1, -0.05) is 32.3 Å². The maximum atomic E-state index is 4.98. The average Bonchev–Trinajstić information content (AvgIpc) is 3.58. The standard InChI is InChI=1S/C28H28N4/c1-3-5-6-7-19(4-2)28-26-14-12-24(31-26)17-22-10-8-20(29-22)16-21-9-11-23(30-21)18-25-13-15-27(28)32-25/h4,8-19,29,32H,2-3,5-7H2,1H3. The van der Waals surface area contributed by atoms with Crippen molar-refractivity contribution in [1.82, 2.24) is 19.9 Å². The number of unbranched alkanes of at least 4 members (excludes halogenated alkanes) is 2. The largest absolute Gasteiger partial charge is 0.355 e. The lowest BCUT2D eigenvalue weighted by Crippen LogP contribution is -1.99. The molecule has 1 unspecified atom stereocenters. The molecule has 0 radical (unpaired) electrons. The van der Waals surface area contributed by atoms with Crippen LogP contribution in [0.1, 0.15) is 66.9 Å². The van der Waals surface area contributed by atoms with Crippen LogP contribution in [0.4, 0.5) is 0 Å². The first-order valence-corrected chi connectivity index (χ1v) is 11.4. The molecule has 4 heteroatoms. The topological polar surface area (TPSA) is 57.4 Å². The van der Waals surface area contributed by atoms with Gasteiger partial charge in [0.1, 0.15) is 0 Å². The number of rotatable bonds is 6. The Labute approximate surface area is 188 Å². The third-order valence-electron chi connectivity index (χ3n) is 6.03. The minimum Gasteiger partial charge on any atom is -0.355 e. The number of aromatic amines is 2. The summed E-state index contributed by atoms with van der Waals surface area (Å²) in [6.07, 6.45) is 15.1. The molecule has 2 N–H and O–H groups in total. The number of nitrogens with one attached hydrogen (secondary N) is 2. The van der Waals surface area contributed by atoms with Crippen molar-refractivity contribution in [3.63, 3.8) is 0 Å². The Morgan fingerprint density at radius 2 is 1.44 bits per heavy atom. The maximum absolute atomic E-state index is 4.98. The summed E-state index contributed by atoms with van der Waals surface area (Å²) in [6.45, 7) is 6.41. The van der Waals surface area contributed by atoms with Gasteiger partial charge in [-0.15, -0.1) is 6.58 Å². The Balaban J connectivity index is 1.77. The van der Waals surface area contributed by atoms with Gasteiger partial charge >= 0.3 is 0 Å². The van der Waals surface area contributed by atoms with E-state index in [2.05, 4.69) is 84.2 Å². The first kappa shape index (κ1) is 20.3. The Hall–Kier alpha value is -3.66. The first-order chi connectivity index (χ1) is 15.7. The zero-order valence-corrected chi connectivity index (χ0v) is 18.4. The van der Waals surface area contributed by atoms with Gasteiger partial charge in [0.05, 0.1) is 22.8 Å². The fourth-order valence-electron chi connectivity index (χ4n) is 4.41. The number of hydrogen-bond acceptors (Lipinski definition) is 2. The summed E-state index contributed by atoms with van der Waals surface area (Å²) < 4.78 is 0. The van der Waals surface area contributed by atoms with Gasteiger partial charge in [-0.05, 0) is 73.2 Å². The monoisotopic (exact) mass is 420 g/mol. The highest BCUT2D eigenvalue weighted by atomic mass is 14.8. The smallest absolute Gasteiger partial charge is 0.0696 e. The second-order valence-corrected chi connectivity index (χ2v) is 8.43. The van der Waals surface area contributed by atoms with Gasteiger partial charge in [0.2, 0.25) is 0 Å². The van der Waals surface area contributed by atoms with Crippen molar-refractivity contribution < 1.29 is 0 Å². The Morgan fingerprint density at radius 3 is 2.12 bits per heavy atom. The van der Waals surface area contributed by atoms with Crippen molar-refractivity contribution in [3.8, 4) is 0 Å². The normalized spacial score (nSPS) is 13.4. The van der Waals surface area contributed by atoms with Crippen LogP contribution < -0.4 is 0 Å². The quantitative estimate of drug-likeness (QED) is 0.221. The van der Waals surface area contributed by atoms with Crippen molar-refractivity contribution in [1.29, 1.82) is 0 Å². The third kappa shape index (κ3) is 4.22. The Bertz CT molecular complexity index is 1370. The Kier molecular flexibility index (Phi) is 5.59. The van der Waals surface area contributed by atoms with Crippen LogP contribution >= 0.6 is 0 Å². The molecule has 0 aromatic carbocycles. The van der Waals surface area contributed by atoms with Crippen molar-refractivity contribution in [2.24, 2.45) is 0 Å². The zero-order chi connectivity index (χ0) is 21.9. The number of fused-ring (bicyclic) bond motifs is 8. The summed E-state index contributed by atoms with van der Waals surface area (Å²) in [5.74, 6) is 0.241. The molecular weight excluding hydrogens is 392 g/mol. The van der Waals surface area contributed by atoms with E-state index in [-0.39, 0.29) is 5.92 Å². The molecule has 3 aromatic rings. The lowest BCUT2D eigenvalue weighted by Gasteiger charge is -2.14. The molecular formula is C28H28N4. The molecule has 0 saturated carbocycles. The molecule has 160 valence electrons. The van der Waals surface area contributed by atoms with Gasteiger partial charge in [0.15, 0.2) is 0 Å². The van der Waals surface area contributed by atoms with Crippen LogP contribution in [0, 0.1) is 0 Å². The van der Waals surface area contributed by atoms with Crippen LogP contribution in [0.2, 0.25) is 0 Å². The number of nitrogens with zero attached hydrogens (tertiary/aromatic N) is 2. The van der Waals surface area contributed by atoms with Crippen molar-refractivity contribution in [3.05, 3.63) is 83.5 Å². The summed E-state index contributed by atoms with van der Waals surface area (Å²) in [4.78, 5) is 16.8. The van der Waals surface area contributed by atoms with Crippen LogP contribution in [-0.2, 0) is 0 Å². The van der Waals surface area contributed by atoms with E-state index in [1.807, 2.05) is 12.2 Å². The molecule has 3 aromatic heterocycles. The fourth-order valence-corrected chi connectivity index (χ4v) is 4.41. The van der Waals surface area contributed by atoms with Crippen molar-refractivity contribution >= 4 is 46.4 Å². The van der Waals surface area contributed by atoms with Gasteiger partial charge in [0, 0.05) is 33.5 Å². The molecule has 0 amide bonds. The zero-order valence-electron chi connectivity index (χ0n) is 18.4. The van der Waals surface area contributed by atoms with Crippen LogP contribution in [0.15, 0.2) is 55.1 Å². The highest BCUT2D eigenvalue weighted by Crippen LogP contribution is 2.31. The predicted molar refractivity (Wildman–Crippen MR) is 136 cm³/mol. The number of aromatic nitrogens is 4. The summed E-state index contributed by atoms with van der Waals surface area (Å²) in [6, 6.07) is 14.6. The second-order valence-electron chi connectivity index (χ2n) is 8.43.